The Labute approximate surface area is 193 Å². The molecule has 0 aliphatic rings. The number of ether oxygens (including phenoxy) is 1. The van der Waals surface area contributed by atoms with Crippen LogP contribution in [0.4, 0.5) is 0 Å². The summed E-state index contributed by atoms with van der Waals surface area (Å²) >= 11 is 3.47. The van der Waals surface area contributed by atoms with Crippen molar-refractivity contribution in [3.8, 4) is 5.75 Å². The molecule has 4 nitrogen and oxygen atoms in total. The summed E-state index contributed by atoms with van der Waals surface area (Å²) in [7, 11) is 0. The van der Waals surface area contributed by atoms with Crippen LogP contribution in [-0.4, -0.2) is 15.8 Å². The van der Waals surface area contributed by atoms with E-state index in [1.807, 2.05) is 42.6 Å². The van der Waals surface area contributed by atoms with Gasteiger partial charge in [0, 0.05) is 35.3 Å². The standard InChI is InChI=1S/C26H31BrN2O2/c1-2-3-4-8-24(30)22-13-12-21(7-5-6-9-26-28-16-17-29-26)25(18-22)31-19-20-10-14-23(27)15-11-20/h10-18H,2-9,19H2,1H3,(H,28,29). The highest BCUT2D eigenvalue weighted by Gasteiger charge is 2.11. The van der Waals surface area contributed by atoms with Crippen molar-refractivity contribution < 1.29 is 9.53 Å². The highest BCUT2D eigenvalue weighted by Crippen LogP contribution is 2.25. The third-order valence-corrected chi connectivity index (χ3v) is 5.90. The lowest BCUT2D eigenvalue weighted by Crippen LogP contribution is -2.04. The second-order valence-corrected chi connectivity index (χ2v) is 8.78. The highest BCUT2D eigenvalue weighted by atomic mass is 79.9. The van der Waals surface area contributed by atoms with Crippen LogP contribution < -0.4 is 4.74 Å². The summed E-state index contributed by atoms with van der Waals surface area (Å²) in [6.45, 7) is 2.64. The molecule has 3 rings (SSSR count). The largest absolute Gasteiger partial charge is 0.489 e. The first-order valence-electron chi connectivity index (χ1n) is 11.2. The Morgan fingerprint density at radius 3 is 2.58 bits per heavy atom. The summed E-state index contributed by atoms with van der Waals surface area (Å²) in [6, 6.07) is 14.1. The van der Waals surface area contributed by atoms with Gasteiger partial charge in [-0.05, 0) is 55.0 Å². The number of unbranched alkanes of at least 4 members (excludes halogenated alkanes) is 3. The zero-order chi connectivity index (χ0) is 21.9. The first kappa shape index (κ1) is 23.3. The second kappa shape index (κ2) is 12.5. The summed E-state index contributed by atoms with van der Waals surface area (Å²) in [5.74, 6) is 2.05. The minimum atomic E-state index is 0.200. The molecule has 0 fully saturated rings. The first-order chi connectivity index (χ1) is 15.2. The summed E-state index contributed by atoms with van der Waals surface area (Å²) in [4.78, 5) is 20.1. The van der Waals surface area contributed by atoms with Crippen molar-refractivity contribution >= 4 is 21.7 Å². The molecule has 2 aromatic carbocycles. The van der Waals surface area contributed by atoms with Crippen LogP contribution in [0.25, 0.3) is 0 Å². The fourth-order valence-electron chi connectivity index (χ4n) is 3.53. The van der Waals surface area contributed by atoms with Crippen LogP contribution in [0.5, 0.6) is 5.75 Å². The van der Waals surface area contributed by atoms with Crippen molar-refractivity contribution in [3.05, 3.63) is 81.8 Å². The number of hydrogen-bond acceptors (Lipinski definition) is 3. The van der Waals surface area contributed by atoms with Crippen molar-refractivity contribution in [2.45, 2.75) is 64.9 Å². The normalized spacial score (nSPS) is 10.9. The fourth-order valence-corrected chi connectivity index (χ4v) is 3.80. The molecule has 1 aromatic heterocycles. The van der Waals surface area contributed by atoms with Crippen LogP contribution >= 0.6 is 15.9 Å². The van der Waals surface area contributed by atoms with E-state index in [9.17, 15) is 4.79 Å². The van der Waals surface area contributed by atoms with Crippen LogP contribution in [0.2, 0.25) is 0 Å². The van der Waals surface area contributed by atoms with Crippen LogP contribution in [0.3, 0.4) is 0 Å². The number of halogens is 1. The number of carbonyl (C=O) groups is 1. The predicted molar refractivity (Wildman–Crippen MR) is 129 cm³/mol. The van der Waals surface area contributed by atoms with Gasteiger partial charge in [0.15, 0.2) is 5.78 Å². The van der Waals surface area contributed by atoms with Gasteiger partial charge in [0.1, 0.15) is 18.2 Å². The molecule has 0 saturated heterocycles. The molecule has 5 heteroatoms. The average Bonchev–Trinajstić information content (AvgIpc) is 3.30. The van der Waals surface area contributed by atoms with E-state index in [0.29, 0.717) is 13.0 Å². The van der Waals surface area contributed by atoms with Crippen molar-refractivity contribution in [3.63, 3.8) is 0 Å². The third-order valence-electron chi connectivity index (χ3n) is 5.37. The second-order valence-electron chi connectivity index (χ2n) is 7.86. The first-order valence-corrected chi connectivity index (χ1v) is 12.0. The molecule has 0 radical (unpaired) electrons. The zero-order valence-corrected chi connectivity index (χ0v) is 19.8. The predicted octanol–water partition coefficient (Wildman–Crippen LogP) is 7.08. The van der Waals surface area contributed by atoms with Crippen LogP contribution in [0.1, 0.15) is 72.8 Å². The molecule has 0 atom stereocenters. The number of hydrogen-bond donors (Lipinski definition) is 1. The van der Waals surface area contributed by atoms with E-state index in [2.05, 4.69) is 38.9 Å². The van der Waals surface area contributed by atoms with E-state index >= 15 is 0 Å². The van der Waals surface area contributed by atoms with E-state index in [0.717, 1.165) is 77.7 Å². The number of rotatable bonds is 13. The Morgan fingerprint density at radius 2 is 1.84 bits per heavy atom. The van der Waals surface area contributed by atoms with Gasteiger partial charge >= 0.3 is 0 Å². The van der Waals surface area contributed by atoms with Gasteiger partial charge in [-0.3, -0.25) is 4.79 Å². The maximum absolute atomic E-state index is 12.6. The molecule has 0 unspecified atom stereocenters. The zero-order valence-electron chi connectivity index (χ0n) is 18.2. The molecule has 0 amide bonds. The molecule has 0 aliphatic carbocycles. The quantitative estimate of drug-likeness (QED) is 0.209. The number of aromatic nitrogens is 2. The van der Waals surface area contributed by atoms with Gasteiger partial charge in [0.2, 0.25) is 0 Å². The minimum absolute atomic E-state index is 0.200. The molecular formula is C26H31BrN2O2. The molecule has 0 spiro atoms. The smallest absolute Gasteiger partial charge is 0.163 e. The summed E-state index contributed by atoms with van der Waals surface area (Å²) in [5.41, 5.74) is 3.01. The number of nitrogens with zero attached hydrogens (tertiary/aromatic N) is 1. The summed E-state index contributed by atoms with van der Waals surface area (Å²) < 4.78 is 7.25. The molecule has 1 heterocycles. The van der Waals surface area contributed by atoms with Gasteiger partial charge in [0.25, 0.3) is 0 Å². The number of H-pyrrole nitrogens is 1. The van der Waals surface area contributed by atoms with Gasteiger partial charge in [-0.2, -0.15) is 0 Å². The number of benzene rings is 2. The van der Waals surface area contributed by atoms with Crippen LogP contribution in [-0.2, 0) is 19.4 Å². The number of ketones is 1. The maximum Gasteiger partial charge on any atom is 0.163 e. The Morgan fingerprint density at radius 1 is 1.03 bits per heavy atom. The Balaban J connectivity index is 1.65. The number of aromatic amines is 1. The van der Waals surface area contributed by atoms with E-state index in [1.165, 1.54) is 0 Å². The molecular weight excluding hydrogens is 452 g/mol. The number of carbonyl (C=O) groups excluding carboxylic acids is 1. The molecule has 3 aromatic rings. The summed E-state index contributed by atoms with van der Waals surface area (Å²) in [6.07, 6.45) is 11.4. The van der Waals surface area contributed by atoms with Crippen LogP contribution in [0.15, 0.2) is 59.3 Å². The van der Waals surface area contributed by atoms with Crippen molar-refractivity contribution in [1.82, 2.24) is 9.97 Å². The number of imidazole rings is 1. The lowest BCUT2D eigenvalue weighted by Gasteiger charge is -2.14. The maximum atomic E-state index is 12.6. The number of aryl methyl sites for hydroxylation is 2. The van der Waals surface area contributed by atoms with Gasteiger partial charge in [0.05, 0.1) is 0 Å². The average molecular weight is 483 g/mol. The molecule has 0 aliphatic heterocycles. The van der Waals surface area contributed by atoms with Crippen molar-refractivity contribution in [1.29, 1.82) is 0 Å². The van der Waals surface area contributed by atoms with Gasteiger partial charge in [-0.15, -0.1) is 0 Å². The fraction of sp³-hybridized carbons (Fsp3) is 0.385. The van der Waals surface area contributed by atoms with E-state index in [4.69, 9.17) is 4.74 Å². The van der Waals surface area contributed by atoms with Gasteiger partial charge in [-0.1, -0.05) is 60.0 Å². The topological polar surface area (TPSA) is 55.0 Å². The number of Topliss-reactive ketones (excluding diaryl/α,β-unsaturated/α-hetero) is 1. The van der Waals surface area contributed by atoms with Gasteiger partial charge < -0.3 is 9.72 Å². The molecule has 1 N–H and O–H groups in total. The van der Waals surface area contributed by atoms with E-state index in [1.54, 1.807) is 6.20 Å². The molecule has 0 saturated carbocycles. The lowest BCUT2D eigenvalue weighted by molar-refractivity contribution is 0.0979. The molecule has 0 bridgehead atoms. The van der Waals surface area contributed by atoms with Crippen molar-refractivity contribution in [2.75, 3.05) is 0 Å². The highest BCUT2D eigenvalue weighted by molar-refractivity contribution is 9.10. The van der Waals surface area contributed by atoms with Gasteiger partial charge in [-0.25, -0.2) is 4.98 Å². The Bertz CT molecular complexity index is 937. The van der Waals surface area contributed by atoms with Crippen molar-refractivity contribution in [2.24, 2.45) is 0 Å². The SMILES string of the molecule is CCCCCC(=O)c1ccc(CCCCc2ncc[nH]2)c(OCc2ccc(Br)cc2)c1. The van der Waals surface area contributed by atoms with E-state index < -0.39 is 0 Å². The summed E-state index contributed by atoms with van der Waals surface area (Å²) in [5, 5.41) is 0. The molecule has 164 valence electrons. The van der Waals surface area contributed by atoms with E-state index in [-0.39, 0.29) is 5.78 Å². The third kappa shape index (κ3) is 7.66. The van der Waals surface area contributed by atoms with Crippen LogP contribution in [0, 0.1) is 0 Å². The Kier molecular flexibility index (Phi) is 9.35. The lowest BCUT2D eigenvalue weighted by atomic mass is 10.00. The number of nitrogens with one attached hydrogen (secondary N) is 1. The Hall–Kier alpha value is -2.40. The molecule has 31 heavy (non-hydrogen) atoms. The minimum Gasteiger partial charge on any atom is -0.489 e. The monoisotopic (exact) mass is 482 g/mol.